The fourth-order valence-electron chi connectivity index (χ4n) is 2.37. The van der Waals surface area contributed by atoms with Gasteiger partial charge >= 0.3 is 0 Å². The molecule has 31 heavy (non-hydrogen) atoms. The third-order valence-corrected chi connectivity index (χ3v) is 4.52. The molecule has 170 valence electrons. The smallest absolute Gasteiger partial charge is 0.246 e. The third-order valence-electron chi connectivity index (χ3n) is 4.34. The lowest BCUT2D eigenvalue weighted by molar-refractivity contribution is -0.135. The molecule has 0 saturated heterocycles. The van der Waals surface area contributed by atoms with Crippen LogP contribution in [0, 0.1) is 11.8 Å². The van der Waals surface area contributed by atoms with Gasteiger partial charge in [0, 0.05) is 45.4 Å². The van der Waals surface area contributed by atoms with Crippen LogP contribution >= 0.6 is 11.6 Å². The molecule has 1 aromatic heterocycles. The summed E-state index contributed by atoms with van der Waals surface area (Å²) < 4.78 is 0. The van der Waals surface area contributed by atoms with Crippen LogP contribution in [0.2, 0.25) is 5.28 Å². The molecule has 0 fully saturated rings. The molecule has 1 heterocycles. The molecule has 0 bridgehead atoms. The van der Waals surface area contributed by atoms with Crippen molar-refractivity contribution in [3.05, 3.63) is 29.2 Å². The van der Waals surface area contributed by atoms with Crippen molar-refractivity contribution in [1.29, 1.82) is 0 Å². The van der Waals surface area contributed by atoms with E-state index >= 15 is 0 Å². The number of anilines is 1. The molecule has 9 heteroatoms. The van der Waals surface area contributed by atoms with Crippen molar-refractivity contribution >= 4 is 29.2 Å². The summed E-state index contributed by atoms with van der Waals surface area (Å²) in [5.74, 6) is 6.36. The van der Waals surface area contributed by atoms with Crippen LogP contribution in [0.3, 0.4) is 0 Å². The Kier molecular flexibility index (Phi) is 12.3. The van der Waals surface area contributed by atoms with Gasteiger partial charge in [0.15, 0.2) is 0 Å². The number of nitrogens with one attached hydrogen (secondary N) is 2. The predicted molar refractivity (Wildman–Crippen MR) is 125 cm³/mol. The number of aromatic nitrogens is 2. The quantitative estimate of drug-likeness (QED) is 0.233. The number of nitrogens with zero attached hydrogens (tertiary/aromatic N) is 4. The lowest BCUT2D eigenvalue weighted by Crippen LogP contribution is -2.45. The maximum absolute atomic E-state index is 12.3. The largest absolute Gasteiger partial charge is 0.369 e. The summed E-state index contributed by atoms with van der Waals surface area (Å²) in [6, 6.07) is -0.555. The molecule has 0 spiro atoms. The van der Waals surface area contributed by atoms with Crippen LogP contribution in [0.4, 0.5) is 5.82 Å². The van der Waals surface area contributed by atoms with Crippen molar-refractivity contribution in [3.63, 3.8) is 0 Å². The highest BCUT2D eigenvalue weighted by atomic mass is 35.5. The molecule has 0 aromatic carbocycles. The molecule has 1 rings (SSSR count). The Morgan fingerprint density at radius 3 is 2.71 bits per heavy atom. The topological polar surface area (TPSA) is 90.5 Å². The molecule has 8 nitrogen and oxygen atoms in total. The highest BCUT2D eigenvalue weighted by molar-refractivity contribution is 6.28. The Morgan fingerprint density at radius 2 is 2.03 bits per heavy atom. The average Bonchev–Trinajstić information content (AvgIpc) is 2.74. The Morgan fingerprint density at radius 1 is 1.29 bits per heavy atom. The number of carbonyl (C=O) groups is 2. The van der Waals surface area contributed by atoms with Crippen LogP contribution in [0.15, 0.2) is 18.3 Å². The van der Waals surface area contributed by atoms with Crippen LogP contribution in [-0.4, -0.2) is 78.4 Å². The number of rotatable bonds is 11. The maximum Gasteiger partial charge on any atom is 0.246 e. The lowest BCUT2D eigenvalue weighted by atomic mass is 10.2. The first-order valence-corrected chi connectivity index (χ1v) is 10.7. The van der Waals surface area contributed by atoms with Gasteiger partial charge in [-0.15, -0.1) is 0 Å². The molecule has 2 N–H and O–H groups in total. The summed E-state index contributed by atoms with van der Waals surface area (Å²) in [4.78, 5) is 35.9. The number of amides is 2. The summed E-state index contributed by atoms with van der Waals surface area (Å²) in [5, 5.41) is 6.22. The van der Waals surface area contributed by atoms with Gasteiger partial charge in [-0.1, -0.05) is 24.8 Å². The molecule has 2 amide bonds. The van der Waals surface area contributed by atoms with Gasteiger partial charge in [0.2, 0.25) is 17.1 Å². The van der Waals surface area contributed by atoms with Crippen LogP contribution in [0.1, 0.15) is 38.7 Å². The highest BCUT2D eigenvalue weighted by Gasteiger charge is 2.20. The van der Waals surface area contributed by atoms with E-state index < -0.39 is 6.04 Å². The average molecular weight is 449 g/mol. The first-order chi connectivity index (χ1) is 14.8. The van der Waals surface area contributed by atoms with Gasteiger partial charge in [-0.05, 0) is 45.5 Å². The summed E-state index contributed by atoms with van der Waals surface area (Å²) in [6.45, 7) is 5.69. The zero-order valence-corrected chi connectivity index (χ0v) is 19.8. The molecule has 1 aromatic rings. The monoisotopic (exact) mass is 448 g/mol. The predicted octanol–water partition coefficient (Wildman–Crippen LogP) is 2.16. The zero-order valence-electron chi connectivity index (χ0n) is 19.0. The van der Waals surface area contributed by atoms with Crippen LogP contribution in [-0.2, 0) is 9.59 Å². The van der Waals surface area contributed by atoms with Crippen molar-refractivity contribution in [2.24, 2.45) is 0 Å². The Labute approximate surface area is 190 Å². The zero-order chi connectivity index (χ0) is 23.2. The van der Waals surface area contributed by atoms with E-state index in [1.54, 1.807) is 26.2 Å². The molecular formula is C22H33ClN6O2. The van der Waals surface area contributed by atoms with Crippen molar-refractivity contribution in [2.75, 3.05) is 46.1 Å². The SMILES string of the molecule is CCCNc1nc(Cl)ncc1C#CCCCNC(=O)C(C)N(C)C(=O)C=CCN(C)C. The van der Waals surface area contributed by atoms with E-state index in [0.29, 0.717) is 37.3 Å². The van der Waals surface area contributed by atoms with Crippen molar-refractivity contribution < 1.29 is 9.59 Å². The van der Waals surface area contributed by atoms with Crippen LogP contribution in [0.5, 0.6) is 0 Å². The summed E-state index contributed by atoms with van der Waals surface area (Å²) in [7, 11) is 5.46. The second-order valence-electron chi connectivity index (χ2n) is 7.31. The highest BCUT2D eigenvalue weighted by Crippen LogP contribution is 2.13. The first kappa shape index (κ1) is 26.4. The molecule has 1 unspecified atom stereocenters. The van der Waals surface area contributed by atoms with E-state index in [2.05, 4.69) is 39.4 Å². The maximum atomic E-state index is 12.3. The van der Waals surface area contributed by atoms with Gasteiger partial charge in [0.1, 0.15) is 11.9 Å². The molecular weight excluding hydrogens is 416 g/mol. The first-order valence-electron chi connectivity index (χ1n) is 10.4. The second kappa shape index (κ2) is 14.4. The molecule has 1 atom stereocenters. The fraction of sp³-hybridized carbons (Fsp3) is 0.545. The number of likely N-dealkylation sites (N-methyl/N-ethyl adjacent to an activating group) is 2. The molecule has 0 saturated carbocycles. The number of hydrogen-bond acceptors (Lipinski definition) is 6. The minimum atomic E-state index is -0.555. The van der Waals surface area contributed by atoms with Gasteiger partial charge < -0.3 is 20.4 Å². The van der Waals surface area contributed by atoms with E-state index in [9.17, 15) is 9.59 Å². The Balaban J connectivity index is 2.44. The van der Waals surface area contributed by atoms with Gasteiger partial charge in [-0.2, -0.15) is 4.98 Å². The Bertz CT molecular complexity index is 816. The number of halogens is 1. The molecule has 0 aliphatic rings. The van der Waals surface area contributed by atoms with E-state index in [4.69, 9.17) is 11.6 Å². The van der Waals surface area contributed by atoms with E-state index in [0.717, 1.165) is 13.0 Å². The number of unbranched alkanes of at least 4 members (excludes halogenated alkanes) is 1. The lowest BCUT2D eigenvalue weighted by Gasteiger charge is -2.23. The number of carbonyl (C=O) groups excluding carboxylic acids is 2. The second-order valence-corrected chi connectivity index (χ2v) is 7.65. The van der Waals surface area contributed by atoms with Crippen molar-refractivity contribution in [2.45, 2.75) is 39.2 Å². The molecule has 0 aliphatic heterocycles. The van der Waals surface area contributed by atoms with Crippen LogP contribution in [0.25, 0.3) is 0 Å². The van der Waals surface area contributed by atoms with Gasteiger partial charge in [-0.25, -0.2) is 4.98 Å². The minimum absolute atomic E-state index is 0.178. The van der Waals surface area contributed by atoms with Crippen molar-refractivity contribution in [1.82, 2.24) is 25.1 Å². The van der Waals surface area contributed by atoms with Gasteiger partial charge in [-0.3, -0.25) is 9.59 Å². The normalized spacial score (nSPS) is 11.7. The summed E-state index contributed by atoms with van der Waals surface area (Å²) >= 11 is 5.85. The minimum Gasteiger partial charge on any atom is -0.369 e. The molecule has 0 aliphatic carbocycles. The van der Waals surface area contributed by atoms with Crippen molar-refractivity contribution in [3.8, 4) is 11.8 Å². The fourth-order valence-corrected chi connectivity index (χ4v) is 2.51. The van der Waals surface area contributed by atoms with Crippen LogP contribution < -0.4 is 10.6 Å². The van der Waals surface area contributed by atoms with Gasteiger partial charge in [0.25, 0.3) is 0 Å². The Hall–Kier alpha value is -2.63. The van der Waals surface area contributed by atoms with E-state index in [-0.39, 0.29) is 17.1 Å². The third kappa shape index (κ3) is 10.3. The standard InChI is InChI=1S/C22H33ClN6O2/c1-6-13-24-20-18(16-26-22(23)27-20)11-8-7-9-14-25-21(31)17(2)29(5)19(30)12-10-15-28(3)4/h10,12,16-17H,6-7,9,13-15H2,1-5H3,(H,25,31)(H,24,26,27). The number of hydrogen-bond donors (Lipinski definition) is 2. The molecule has 0 radical (unpaired) electrons. The van der Waals surface area contributed by atoms with E-state index in [1.165, 1.54) is 11.0 Å². The van der Waals surface area contributed by atoms with Gasteiger partial charge in [0.05, 0.1) is 5.56 Å². The van der Waals surface area contributed by atoms with E-state index in [1.807, 2.05) is 19.0 Å². The summed E-state index contributed by atoms with van der Waals surface area (Å²) in [5.41, 5.74) is 0.693. The summed E-state index contributed by atoms with van der Waals surface area (Å²) in [6.07, 6.45) is 7.12.